The van der Waals surface area contributed by atoms with Crippen molar-refractivity contribution in [3.05, 3.63) is 82.9 Å². The van der Waals surface area contributed by atoms with E-state index >= 15 is 0 Å². The van der Waals surface area contributed by atoms with E-state index in [4.69, 9.17) is 16.3 Å². The van der Waals surface area contributed by atoms with Crippen molar-refractivity contribution < 1.29 is 9.53 Å². The first kappa shape index (κ1) is 22.7. The van der Waals surface area contributed by atoms with Gasteiger partial charge in [0, 0.05) is 44.4 Å². The van der Waals surface area contributed by atoms with Crippen molar-refractivity contribution in [2.75, 3.05) is 26.8 Å². The van der Waals surface area contributed by atoms with Crippen molar-refractivity contribution in [1.82, 2.24) is 15.5 Å². The van der Waals surface area contributed by atoms with Gasteiger partial charge in [-0.2, -0.15) is 0 Å². The van der Waals surface area contributed by atoms with E-state index in [1.165, 1.54) is 16.3 Å². The van der Waals surface area contributed by atoms with Crippen LogP contribution in [-0.4, -0.2) is 49.7 Å². The third kappa shape index (κ3) is 5.67. The maximum Gasteiger partial charge on any atom is 0.237 e. The van der Waals surface area contributed by atoms with E-state index in [0.29, 0.717) is 24.7 Å². The molecule has 0 spiro atoms. The average molecular weight is 452 g/mol. The zero-order valence-corrected chi connectivity index (χ0v) is 19.1. The lowest BCUT2D eigenvalue weighted by Crippen LogP contribution is -2.43. The van der Waals surface area contributed by atoms with Crippen LogP contribution in [0.5, 0.6) is 0 Å². The van der Waals surface area contributed by atoms with Gasteiger partial charge in [0.15, 0.2) is 0 Å². The highest BCUT2D eigenvalue weighted by Gasteiger charge is 2.36. The quantitative estimate of drug-likeness (QED) is 0.483. The van der Waals surface area contributed by atoms with E-state index in [-0.39, 0.29) is 18.0 Å². The zero-order chi connectivity index (χ0) is 22.3. The van der Waals surface area contributed by atoms with Crippen LogP contribution in [0, 0.1) is 0 Å². The first-order valence-corrected chi connectivity index (χ1v) is 11.5. The van der Waals surface area contributed by atoms with Crippen molar-refractivity contribution in [2.24, 2.45) is 0 Å². The molecule has 0 bridgehead atoms. The standard InChI is InChI=1S/C26H30ClN3O2/c1-32-13-12-28-26(31)25-15-23(18-30(25)17-19-6-4-10-22(27)14-19)29-16-21-9-5-8-20-7-2-3-11-24(20)21/h2-11,14,23,25,29H,12-13,15-18H2,1H3,(H,28,31)/t23-,25-/m0/s1. The summed E-state index contributed by atoms with van der Waals surface area (Å²) < 4.78 is 5.08. The van der Waals surface area contributed by atoms with Crippen LogP contribution in [0.15, 0.2) is 66.7 Å². The summed E-state index contributed by atoms with van der Waals surface area (Å²) in [5, 5.41) is 9.94. The van der Waals surface area contributed by atoms with Gasteiger partial charge in [-0.3, -0.25) is 9.69 Å². The Morgan fingerprint density at radius 3 is 2.78 bits per heavy atom. The van der Waals surface area contributed by atoms with Crippen molar-refractivity contribution in [1.29, 1.82) is 0 Å². The predicted octanol–water partition coefficient (Wildman–Crippen LogP) is 3.99. The highest BCUT2D eigenvalue weighted by atomic mass is 35.5. The molecule has 3 aromatic carbocycles. The smallest absolute Gasteiger partial charge is 0.237 e. The number of ether oxygens (including phenoxy) is 1. The number of amides is 1. The summed E-state index contributed by atoms with van der Waals surface area (Å²) in [5.41, 5.74) is 2.39. The molecule has 1 aliphatic heterocycles. The molecule has 1 saturated heterocycles. The number of hydrogen-bond donors (Lipinski definition) is 2. The normalized spacial score (nSPS) is 18.8. The molecule has 0 radical (unpaired) electrons. The molecule has 6 heteroatoms. The molecule has 1 fully saturated rings. The Kier molecular flexibility index (Phi) is 7.76. The van der Waals surface area contributed by atoms with Gasteiger partial charge in [-0.05, 0) is 40.5 Å². The molecule has 0 unspecified atom stereocenters. The molecular formula is C26H30ClN3O2. The monoisotopic (exact) mass is 451 g/mol. The fourth-order valence-electron chi connectivity index (χ4n) is 4.46. The summed E-state index contributed by atoms with van der Waals surface area (Å²) in [6.45, 7) is 3.30. The predicted molar refractivity (Wildman–Crippen MR) is 130 cm³/mol. The second-order valence-corrected chi connectivity index (χ2v) is 8.75. The number of likely N-dealkylation sites (tertiary alicyclic amines) is 1. The highest BCUT2D eigenvalue weighted by Crippen LogP contribution is 2.24. The molecule has 0 aromatic heterocycles. The lowest BCUT2D eigenvalue weighted by atomic mass is 10.0. The summed E-state index contributed by atoms with van der Waals surface area (Å²) in [4.78, 5) is 15.2. The second-order valence-electron chi connectivity index (χ2n) is 8.31. The Hall–Kier alpha value is -2.44. The molecule has 2 atom stereocenters. The number of carbonyl (C=O) groups excluding carboxylic acids is 1. The Balaban J connectivity index is 1.45. The van der Waals surface area contributed by atoms with Crippen LogP contribution in [-0.2, 0) is 22.6 Å². The van der Waals surface area contributed by atoms with Crippen LogP contribution in [0.3, 0.4) is 0 Å². The number of carbonyl (C=O) groups is 1. The number of nitrogens with zero attached hydrogens (tertiary/aromatic N) is 1. The minimum atomic E-state index is -0.184. The van der Waals surface area contributed by atoms with Gasteiger partial charge in [0.25, 0.3) is 0 Å². The first-order valence-electron chi connectivity index (χ1n) is 11.1. The topological polar surface area (TPSA) is 53.6 Å². The van der Waals surface area contributed by atoms with E-state index in [0.717, 1.165) is 25.1 Å². The van der Waals surface area contributed by atoms with Gasteiger partial charge < -0.3 is 15.4 Å². The Labute approximate surface area is 194 Å². The molecule has 4 rings (SSSR count). The SMILES string of the molecule is COCCNC(=O)[C@@H]1C[C@H](NCc2cccc3ccccc23)CN1Cc1cccc(Cl)c1. The van der Waals surface area contributed by atoms with E-state index in [1.54, 1.807) is 7.11 Å². The van der Waals surface area contributed by atoms with Crippen LogP contribution < -0.4 is 10.6 Å². The summed E-state index contributed by atoms with van der Waals surface area (Å²) in [5.74, 6) is 0.0542. The molecule has 0 aliphatic carbocycles. The van der Waals surface area contributed by atoms with Crippen LogP contribution in [0.25, 0.3) is 10.8 Å². The fraction of sp³-hybridized carbons (Fsp3) is 0.346. The Bertz CT molecular complexity index is 1050. The summed E-state index contributed by atoms with van der Waals surface area (Å²) in [6.07, 6.45) is 0.768. The summed E-state index contributed by atoms with van der Waals surface area (Å²) >= 11 is 6.18. The number of rotatable bonds is 9. The molecule has 32 heavy (non-hydrogen) atoms. The molecule has 0 saturated carbocycles. The van der Waals surface area contributed by atoms with Gasteiger partial charge in [-0.25, -0.2) is 0 Å². The van der Waals surface area contributed by atoms with Crippen LogP contribution >= 0.6 is 11.6 Å². The largest absolute Gasteiger partial charge is 0.383 e. The maximum atomic E-state index is 12.9. The van der Waals surface area contributed by atoms with Gasteiger partial charge in [-0.1, -0.05) is 66.2 Å². The lowest BCUT2D eigenvalue weighted by Gasteiger charge is -2.23. The minimum absolute atomic E-state index is 0.0542. The van der Waals surface area contributed by atoms with E-state index in [9.17, 15) is 4.79 Å². The number of fused-ring (bicyclic) bond motifs is 1. The van der Waals surface area contributed by atoms with Gasteiger partial charge in [-0.15, -0.1) is 0 Å². The van der Waals surface area contributed by atoms with Gasteiger partial charge in [0.05, 0.1) is 12.6 Å². The lowest BCUT2D eigenvalue weighted by molar-refractivity contribution is -0.125. The van der Waals surface area contributed by atoms with Crippen LogP contribution in [0.2, 0.25) is 5.02 Å². The second kappa shape index (κ2) is 10.9. The third-order valence-electron chi connectivity index (χ3n) is 6.05. The zero-order valence-electron chi connectivity index (χ0n) is 18.4. The number of benzene rings is 3. The van der Waals surface area contributed by atoms with Crippen molar-refractivity contribution in [3.8, 4) is 0 Å². The van der Waals surface area contributed by atoms with Crippen LogP contribution in [0.1, 0.15) is 17.5 Å². The van der Waals surface area contributed by atoms with Crippen molar-refractivity contribution in [3.63, 3.8) is 0 Å². The van der Waals surface area contributed by atoms with Gasteiger partial charge in [0.1, 0.15) is 0 Å². The first-order chi connectivity index (χ1) is 15.6. The van der Waals surface area contributed by atoms with Gasteiger partial charge in [0.2, 0.25) is 5.91 Å². The van der Waals surface area contributed by atoms with Crippen molar-refractivity contribution in [2.45, 2.75) is 31.6 Å². The van der Waals surface area contributed by atoms with Crippen molar-refractivity contribution >= 4 is 28.3 Å². The highest BCUT2D eigenvalue weighted by molar-refractivity contribution is 6.30. The Morgan fingerprint density at radius 2 is 1.94 bits per heavy atom. The molecule has 2 N–H and O–H groups in total. The number of halogens is 1. The molecule has 1 heterocycles. The summed E-state index contributed by atoms with van der Waals surface area (Å²) in [7, 11) is 1.64. The molecular weight excluding hydrogens is 422 g/mol. The molecule has 5 nitrogen and oxygen atoms in total. The molecule has 1 aliphatic rings. The molecule has 3 aromatic rings. The van der Waals surface area contributed by atoms with E-state index in [2.05, 4.69) is 64.1 Å². The number of hydrogen-bond acceptors (Lipinski definition) is 4. The number of methoxy groups -OCH3 is 1. The van der Waals surface area contributed by atoms with Gasteiger partial charge >= 0.3 is 0 Å². The van der Waals surface area contributed by atoms with E-state index in [1.807, 2.05) is 18.2 Å². The number of nitrogens with one attached hydrogen (secondary N) is 2. The maximum absolute atomic E-state index is 12.9. The third-order valence-corrected chi connectivity index (χ3v) is 6.28. The summed E-state index contributed by atoms with van der Waals surface area (Å²) in [6, 6.07) is 22.8. The van der Waals surface area contributed by atoms with E-state index < -0.39 is 0 Å². The average Bonchev–Trinajstić information content (AvgIpc) is 3.20. The fourth-order valence-corrected chi connectivity index (χ4v) is 4.68. The molecule has 168 valence electrons. The molecule has 1 amide bonds. The van der Waals surface area contributed by atoms with Crippen LogP contribution in [0.4, 0.5) is 0 Å². The Morgan fingerprint density at radius 1 is 1.12 bits per heavy atom. The minimum Gasteiger partial charge on any atom is -0.383 e.